The lowest BCUT2D eigenvalue weighted by atomic mass is 9.76. The summed E-state index contributed by atoms with van der Waals surface area (Å²) in [5.41, 5.74) is 0.321. The summed E-state index contributed by atoms with van der Waals surface area (Å²) in [6, 6.07) is 4.43. The minimum Gasteiger partial charge on any atom is -0.434 e. The number of benzene rings is 1. The number of carbonyl (C=O) groups excluding carboxylic acids is 2. The smallest absolute Gasteiger partial charge is 0.282 e. The summed E-state index contributed by atoms with van der Waals surface area (Å²) in [5.74, 6) is 0.931. The van der Waals surface area contributed by atoms with Crippen molar-refractivity contribution in [3.05, 3.63) is 35.9 Å². The molecule has 254 valence electrons. The summed E-state index contributed by atoms with van der Waals surface area (Å²) < 4.78 is 20.5. The number of hydrogen-bond acceptors (Lipinski definition) is 9. The first kappa shape index (κ1) is 35.5. The Hall–Kier alpha value is -3.38. The fourth-order valence-corrected chi connectivity index (χ4v) is 6.86. The van der Waals surface area contributed by atoms with Crippen LogP contribution in [-0.2, 0) is 4.79 Å². The van der Waals surface area contributed by atoms with E-state index in [2.05, 4.69) is 50.8 Å². The molecule has 46 heavy (non-hydrogen) atoms. The maximum atomic E-state index is 14.3. The van der Waals surface area contributed by atoms with E-state index in [0.29, 0.717) is 30.7 Å². The second-order valence-electron chi connectivity index (χ2n) is 13.9. The van der Waals surface area contributed by atoms with Crippen molar-refractivity contribution in [3.63, 3.8) is 0 Å². The van der Waals surface area contributed by atoms with E-state index >= 15 is 0 Å². The van der Waals surface area contributed by atoms with Gasteiger partial charge in [0.15, 0.2) is 5.82 Å². The quantitative estimate of drug-likeness (QED) is 0.281. The van der Waals surface area contributed by atoms with Crippen LogP contribution in [0.3, 0.4) is 0 Å². The molecule has 11 nitrogen and oxygen atoms in total. The molecule has 4 rings (SSSR count). The molecule has 2 amide bonds. The molecule has 2 aliphatic heterocycles. The molecular formula is C34H53FN8O3. The van der Waals surface area contributed by atoms with Crippen molar-refractivity contribution in [2.75, 3.05) is 71.9 Å². The fourth-order valence-electron chi connectivity index (χ4n) is 6.86. The lowest BCUT2D eigenvalue weighted by Crippen LogP contribution is -2.62. The first-order valence-electron chi connectivity index (χ1n) is 16.7. The van der Waals surface area contributed by atoms with E-state index in [1.165, 1.54) is 24.5 Å². The van der Waals surface area contributed by atoms with E-state index in [0.717, 1.165) is 58.5 Å². The van der Waals surface area contributed by atoms with Crippen LogP contribution >= 0.6 is 0 Å². The molecule has 2 aromatic rings. The number of hydrogen-bond donors (Lipinski definition) is 0. The maximum Gasteiger partial charge on any atom is 0.282 e. The molecule has 1 spiro atoms. The first-order valence-corrected chi connectivity index (χ1v) is 16.7. The lowest BCUT2D eigenvalue weighted by Gasteiger charge is -2.53. The molecule has 2 saturated heterocycles. The van der Waals surface area contributed by atoms with Crippen LogP contribution in [0.4, 0.5) is 10.2 Å². The number of nitrogens with zero attached hydrogens (tertiary/aromatic N) is 8. The molecule has 0 N–H and O–H groups in total. The zero-order chi connectivity index (χ0) is 33.6. The van der Waals surface area contributed by atoms with Gasteiger partial charge in [-0.05, 0) is 77.7 Å². The van der Waals surface area contributed by atoms with Crippen molar-refractivity contribution >= 4 is 17.6 Å². The van der Waals surface area contributed by atoms with E-state index in [4.69, 9.17) is 4.74 Å². The average molecular weight is 641 g/mol. The van der Waals surface area contributed by atoms with E-state index in [1.54, 1.807) is 23.9 Å². The number of likely N-dealkylation sites (tertiary alicyclic amines) is 1. The summed E-state index contributed by atoms with van der Waals surface area (Å²) in [6.07, 6.45) is 5.23. The van der Waals surface area contributed by atoms with E-state index in [-0.39, 0.29) is 40.5 Å². The molecule has 12 heteroatoms. The molecule has 0 saturated carbocycles. The van der Waals surface area contributed by atoms with Gasteiger partial charge in [-0.2, -0.15) is 0 Å². The molecular weight excluding hydrogens is 587 g/mol. The topological polar surface area (TPSA) is 98.2 Å². The van der Waals surface area contributed by atoms with Crippen LogP contribution in [-0.4, -0.2) is 126 Å². The number of rotatable bonds is 15. The molecule has 0 aliphatic carbocycles. The number of aromatic nitrogens is 3. The van der Waals surface area contributed by atoms with Gasteiger partial charge in [0.25, 0.3) is 11.8 Å². The van der Waals surface area contributed by atoms with E-state index in [1.807, 2.05) is 20.8 Å². The Morgan fingerprint density at radius 3 is 2.48 bits per heavy atom. The minimum atomic E-state index is -0.507. The number of anilines is 1. The van der Waals surface area contributed by atoms with Crippen molar-refractivity contribution < 1.29 is 18.7 Å². The van der Waals surface area contributed by atoms with Gasteiger partial charge in [-0.15, -0.1) is 10.2 Å². The van der Waals surface area contributed by atoms with Crippen molar-refractivity contribution in [3.8, 4) is 11.6 Å². The third-order valence-corrected chi connectivity index (χ3v) is 9.47. The van der Waals surface area contributed by atoms with Crippen molar-refractivity contribution in [2.24, 2.45) is 11.3 Å². The summed E-state index contributed by atoms with van der Waals surface area (Å²) >= 11 is 0. The zero-order valence-electron chi connectivity index (χ0n) is 29.0. The predicted octanol–water partition coefficient (Wildman–Crippen LogP) is 4.40. The Bertz CT molecular complexity index is 1330. The molecule has 2 fully saturated rings. The van der Waals surface area contributed by atoms with Gasteiger partial charge in [-0.3, -0.25) is 14.5 Å². The Morgan fingerprint density at radius 2 is 1.83 bits per heavy atom. The largest absolute Gasteiger partial charge is 0.434 e. The highest BCUT2D eigenvalue weighted by Gasteiger charge is 2.50. The van der Waals surface area contributed by atoms with Gasteiger partial charge in [0, 0.05) is 77.3 Å². The van der Waals surface area contributed by atoms with Crippen molar-refractivity contribution in [2.45, 2.75) is 72.4 Å². The van der Waals surface area contributed by atoms with Gasteiger partial charge in [-0.25, -0.2) is 9.37 Å². The van der Waals surface area contributed by atoms with Crippen LogP contribution in [0.15, 0.2) is 24.5 Å². The first-order chi connectivity index (χ1) is 21.8. The molecule has 1 unspecified atom stereocenters. The fraction of sp³-hybridized carbons (Fsp3) is 0.676. The summed E-state index contributed by atoms with van der Waals surface area (Å²) in [6.45, 7) is 16.3. The van der Waals surface area contributed by atoms with Crippen molar-refractivity contribution in [1.29, 1.82) is 0 Å². The van der Waals surface area contributed by atoms with E-state index < -0.39 is 5.82 Å². The predicted molar refractivity (Wildman–Crippen MR) is 178 cm³/mol. The molecule has 1 aromatic heterocycles. The highest BCUT2D eigenvalue weighted by molar-refractivity contribution is 5.97. The van der Waals surface area contributed by atoms with Gasteiger partial charge < -0.3 is 24.3 Å². The number of carbonyl (C=O) groups is 2. The SMILES string of the molecule is CCN(C(=O)c1cc(F)ccc1Oc1nncnc1N1CCC2(C1)CN(C(CCCN(C)CCC(=O)N(C)C)C(C)C)C2)C(C)C. The molecule has 0 bridgehead atoms. The van der Waals surface area contributed by atoms with Gasteiger partial charge in [0.2, 0.25) is 5.91 Å². The molecule has 2 aliphatic rings. The standard InChI is InChI=1S/C34H53FN8O3/c1-9-43(25(4)5)33(45)27-19-26(35)12-13-29(27)46-32-31(36-23-37-38-32)41-18-15-34(20-41)21-42(22-34)28(24(2)3)11-10-16-40(8)17-14-30(44)39(6)7/h12-13,19,23-25,28H,9-11,14-18,20-22H2,1-8H3. The Balaban J connectivity index is 1.37. The van der Waals surface area contributed by atoms with Crippen LogP contribution in [0.25, 0.3) is 0 Å². The highest BCUT2D eigenvalue weighted by Crippen LogP contribution is 2.44. The van der Waals surface area contributed by atoms with Crippen LogP contribution in [0.1, 0.15) is 70.7 Å². The minimum absolute atomic E-state index is 0.0492. The van der Waals surface area contributed by atoms with Gasteiger partial charge in [0.1, 0.15) is 17.9 Å². The van der Waals surface area contributed by atoms with Crippen LogP contribution in [0.2, 0.25) is 0 Å². The molecule has 3 heterocycles. The number of ether oxygens (including phenoxy) is 1. The average Bonchev–Trinajstić information content (AvgIpc) is 3.44. The lowest BCUT2D eigenvalue weighted by molar-refractivity contribution is -0.128. The maximum absolute atomic E-state index is 14.3. The Kier molecular flexibility index (Phi) is 11.9. The second kappa shape index (κ2) is 15.5. The Labute approximate surface area is 274 Å². The second-order valence-corrected chi connectivity index (χ2v) is 13.9. The third-order valence-electron chi connectivity index (χ3n) is 9.47. The van der Waals surface area contributed by atoms with Crippen molar-refractivity contribution in [1.82, 2.24) is 34.8 Å². The summed E-state index contributed by atoms with van der Waals surface area (Å²) in [4.78, 5) is 40.3. The molecule has 1 atom stereocenters. The summed E-state index contributed by atoms with van der Waals surface area (Å²) in [7, 11) is 5.70. The zero-order valence-corrected chi connectivity index (χ0v) is 29.0. The van der Waals surface area contributed by atoms with Crippen LogP contribution in [0, 0.1) is 17.2 Å². The van der Waals surface area contributed by atoms with Crippen LogP contribution < -0.4 is 9.64 Å². The molecule has 1 aromatic carbocycles. The van der Waals surface area contributed by atoms with Gasteiger partial charge in [0.05, 0.1) is 5.56 Å². The highest BCUT2D eigenvalue weighted by atomic mass is 19.1. The van der Waals surface area contributed by atoms with Gasteiger partial charge >= 0.3 is 0 Å². The van der Waals surface area contributed by atoms with Crippen LogP contribution in [0.5, 0.6) is 11.6 Å². The monoisotopic (exact) mass is 640 g/mol. The molecule has 0 radical (unpaired) electrons. The van der Waals surface area contributed by atoms with Gasteiger partial charge in [-0.1, -0.05) is 13.8 Å². The normalized spacial score (nSPS) is 16.7. The third kappa shape index (κ3) is 8.50. The number of halogens is 1. The van der Waals surface area contributed by atoms with E-state index in [9.17, 15) is 14.0 Å². The number of amides is 2. The Morgan fingerprint density at radius 1 is 1.09 bits per heavy atom. The summed E-state index contributed by atoms with van der Waals surface area (Å²) in [5, 5.41) is 8.21.